The average molecular weight is 254 g/mol. The monoisotopic (exact) mass is 254 g/mol. The van der Waals surface area contributed by atoms with Gasteiger partial charge in [-0.25, -0.2) is 4.79 Å². The normalized spacial score (nSPS) is 28.1. The summed E-state index contributed by atoms with van der Waals surface area (Å²) in [5.41, 5.74) is -0.475. The molecule has 0 bridgehead atoms. The van der Waals surface area contributed by atoms with Crippen molar-refractivity contribution in [3.05, 3.63) is 0 Å². The number of hydrogen-bond acceptors (Lipinski definition) is 4. The van der Waals surface area contributed by atoms with Crippen LogP contribution >= 0.6 is 0 Å². The van der Waals surface area contributed by atoms with Gasteiger partial charge < -0.3 is 15.0 Å². The lowest BCUT2D eigenvalue weighted by Crippen LogP contribution is -2.59. The van der Waals surface area contributed by atoms with E-state index in [0.717, 1.165) is 38.4 Å². The van der Waals surface area contributed by atoms with E-state index in [2.05, 4.69) is 17.1 Å². The van der Waals surface area contributed by atoms with E-state index in [0.29, 0.717) is 5.92 Å². The summed E-state index contributed by atoms with van der Waals surface area (Å²) >= 11 is 0. The Hall–Kier alpha value is -0.610. The van der Waals surface area contributed by atoms with Crippen LogP contribution in [0.1, 0.15) is 32.6 Å². The standard InChI is InChI=1S/C14H26N2O2/c1-4-11-7-8-16(9-11)10-14(15-2,12-5-6-12)13(17)18-3/h11-12,15H,4-10H2,1-3H3. The maximum atomic E-state index is 12.2. The van der Waals surface area contributed by atoms with Crippen molar-refractivity contribution in [3.8, 4) is 0 Å². The van der Waals surface area contributed by atoms with Crippen LogP contribution in [0.2, 0.25) is 0 Å². The zero-order valence-corrected chi connectivity index (χ0v) is 11.9. The van der Waals surface area contributed by atoms with Gasteiger partial charge in [-0.3, -0.25) is 0 Å². The highest BCUT2D eigenvalue weighted by atomic mass is 16.5. The Bertz CT molecular complexity index is 304. The van der Waals surface area contributed by atoms with E-state index >= 15 is 0 Å². The van der Waals surface area contributed by atoms with Gasteiger partial charge in [0.1, 0.15) is 5.54 Å². The van der Waals surface area contributed by atoms with E-state index < -0.39 is 5.54 Å². The van der Waals surface area contributed by atoms with Crippen LogP contribution in [0.25, 0.3) is 0 Å². The van der Waals surface area contributed by atoms with Gasteiger partial charge in [0.05, 0.1) is 7.11 Å². The Labute approximate surface area is 110 Å². The fourth-order valence-electron chi connectivity index (χ4n) is 3.25. The van der Waals surface area contributed by atoms with Crippen LogP contribution in [0.4, 0.5) is 0 Å². The van der Waals surface area contributed by atoms with Crippen LogP contribution in [0.3, 0.4) is 0 Å². The molecule has 0 amide bonds. The van der Waals surface area contributed by atoms with Crippen molar-refractivity contribution in [2.24, 2.45) is 11.8 Å². The first-order valence-electron chi connectivity index (χ1n) is 7.16. The van der Waals surface area contributed by atoms with Crippen molar-refractivity contribution in [2.45, 2.75) is 38.1 Å². The zero-order valence-electron chi connectivity index (χ0n) is 11.9. The molecule has 2 fully saturated rings. The van der Waals surface area contributed by atoms with Gasteiger partial charge in [0.15, 0.2) is 0 Å². The molecular weight excluding hydrogens is 228 g/mol. The quantitative estimate of drug-likeness (QED) is 0.725. The molecule has 104 valence electrons. The van der Waals surface area contributed by atoms with Crippen molar-refractivity contribution < 1.29 is 9.53 Å². The molecule has 0 aromatic heterocycles. The van der Waals surface area contributed by atoms with E-state index in [9.17, 15) is 4.79 Å². The molecule has 0 aromatic carbocycles. The third kappa shape index (κ3) is 2.54. The Morgan fingerprint density at radius 1 is 1.44 bits per heavy atom. The molecule has 1 aliphatic heterocycles. The van der Waals surface area contributed by atoms with Gasteiger partial charge >= 0.3 is 5.97 Å². The van der Waals surface area contributed by atoms with Crippen molar-refractivity contribution in [1.82, 2.24) is 10.2 Å². The average Bonchev–Trinajstić information content (AvgIpc) is 3.16. The lowest BCUT2D eigenvalue weighted by molar-refractivity contribution is -0.150. The fourth-order valence-corrected chi connectivity index (χ4v) is 3.25. The molecule has 2 aliphatic rings. The number of esters is 1. The number of nitrogens with zero attached hydrogens (tertiary/aromatic N) is 1. The van der Waals surface area contributed by atoms with Crippen molar-refractivity contribution in [3.63, 3.8) is 0 Å². The molecule has 1 heterocycles. The summed E-state index contributed by atoms with van der Waals surface area (Å²) in [6.07, 6.45) is 4.79. The number of likely N-dealkylation sites (N-methyl/N-ethyl adjacent to an activating group) is 1. The number of nitrogens with one attached hydrogen (secondary N) is 1. The second-order valence-electron chi connectivity index (χ2n) is 5.79. The zero-order chi connectivity index (χ0) is 13.2. The van der Waals surface area contributed by atoms with Crippen LogP contribution in [0.15, 0.2) is 0 Å². The van der Waals surface area contributed by atoms with Gasteiger partial charge in [-0.05, 0) is 44.7 Å². The molecule has 2 atom stereocenters. The summed E-state index contributed by atoms with van der Waals surface area (Å²) in [5, 5.41) is 3.27. The third-order valence-electron chi connectivity index (χ3n) is 4.69. The minimum Gasteiger partial charge on any atom is -0.468 e. The molecule has 1 N–H and O–H groups in total. The largest absolute Gasteiger partial charge is 0.468 e. The van der Waals surface area contributed by atoms with Crippen molar-refractivity contribution >= 4 is 5.97 Å². The van der Waals surface area contributed by atoms with Gasteiger partial charge in [0, 0.05) is 13.1 Å². The Morgan fingerprint density at radius 2 is 2.17 bits per heavy atom. The van der Waals surface area contributed by atoms with E-state index in [4.69, 9.17) is 4.74 Å². The summed E-state index contributed by atoms with van der Waals surface area (Å²) in [4.78, 5) is 14.6. The number of likely N-dealkylation sites (tertiary alicyclic amines) is 1. The molecule has 0 radical (unpaired) electrons. The lowest BCUT2D eigenvalue weighted by Gasteiger charge is -2.34. The minimum atomic E-state index is -0.475. The van der Waals surface area contributed by atoms with Crippen LogP contribution in [-0.2, 0) is 9.53 Å². The van der Waals surface area contributed by atoms with Crippen LogP contribution in [0, 0.1) is 11.8 Å². The first kappa shape index (κ1) is 13.8. The topological polar surface area (TPSA) is 41.6 Å². The highest BCUT2D eigenvalue weighted by Crippen LogP contribution is 2.41. The molecule has 4 nitrogen and oxygen atoms in total. The van der Waals surface area contributed by atoms with E-state index in [1.165, 1.54) is 20.0 Å². The van der Waals surface area contributed by atoms with Crippen molar-refractivity contribution in [2.75, 3.05) is 33.8 Å². The maximum absolute atomic E-state index is 12.2. The smallest absolute Gasteiger partial charge is 0.327 e. The van der Waals surface area contributed by atoms with E-state index in [-0.39, 0.29) is 5.97 Å². The molecule has 1 saturated carbocycles. The van der Waals surface area contributed by atoms with Crippen molar-refractivity contribution in [1.29, 1.82) is 0 Å². The molecule has 0 aromatic rings. The number of hydrogen-bond donors (Lipinski definition) is 1. The molecule has 1 saturated heterocycles. The minimum absolute atomic E-state index is 0.0903. The number of carbonyl (C=O) groups is 1. The molecule has 1 aliphatic carbocycles. The molecule has 0 spiro atoms. The lowest BCUT2D eigenvalue weighted by atomic mass is 9.92. The highest BCUT2D eigenvalue weighted by molar-refractivity contribution is 5.82. The molecule has 18 heavy (non-hydrogen) atoms. The predicted octanol–water partition coefficient (Wildman–Crippen LogP) is 1.26. The first-order chi connectivity index (χ1) is 8.66. The SMILES string of the molecule is CCC1CCN(CC(NC)(C(=O)OC)C2CC2)C1. The molecule has 4 heteroatoms. The van der Waals surface area contributed by atoms with E-state index in [1.54, 1.807) is 0 Å². The molecule has 2 rings (SSSR count). The Balaban J connectivity index is 2.03. The Morgan fingerprint density at radius 3 is 2.61 bits per heavy atom. The van der Waals surface area contributed by atoms with Gasteiger partial charge in [0.25, 0.3) is 0 Å². The van der Waals surface area contributed by atoms with Gasteiger partial charge in [-0.1, -0.05) is 13.3 Å². The van der Waals surface area contributed by atoms with Crippen LogP contribution < -0.4 is 5.32 Å². The number of methoxy groups -OCH3 is 1. The van der Waals surface area contributed by atoms with Crippen LogP contribution in [0.5, 0.6) is 0 Å². The number of ether oxygens (including phenoxy) is 1. The second-order valence-corrected chi connectivity index (χ2v) is 5.79. The highest BCUT2D eigenvalue weighted by Gasteiger charge is 2.52. The van der Waals surface area contributed by atoms with Gasteiger partial charge in [-0.15, -0.1) is 0 Å². The summed E-state index contributed by atoms with van der Waals surface area (Å²) < 4.78 is 5.04. The fraction of sp³-hybridized carbons (Fsp3) is 0.929. The third-order valence-corrected chi connectivity index (χ3v) is 4.69. The van der Waals surface area contributed by atoms with Gasteiger partial charge in [-0.2, -0.15) is 0 Å². The summed E-state index contributed by atoms with van der Waals surface area (Å²) in [6, 6.07) is 0. The summed E-state index contributed by atoms with van der Waals surface area (Å²) in [7, 11) is 3.39. The number of rotatable bonds is 6. The molecule has 2 unspecified atom stereocenters. The second kappa shape index (κ2) is 5.57. The number of carbonyl (C=O) groups excluding carboxylic acids is 1. The summed E-state index contributed by atoms with van der Waals surface area (Å²) in [5.74, 6) is 1.17. The van der Waals surface area contributed by atoms with Gasteiger partial charge in [0.2, 0.25) is 0 Å². The molecular formula is C14H26N2O2. The van der Waals surface area contributed by atoms with E-state index in [1.807, 2.05) is 7.05 Å². The predicted molar refractivity (Wildman–Crippen MR) is 71.4 cm³/mol. The maximum Gasteiger partial charge on any atom is 0.327 e. The first-order valence-corrected chi connectivity index (χ1v) is 7.16. The van der Waals surface area contributed by atoms with Crippen LogP contribution in [-0.4, -0.2) is 50.2 Å². The Kier molecular flexibility index (Phi) is 4.28. The summed E-state index contributed by atoms with van der Waals surface area (Å²) in [6.45, 7) is 5.30.